The molecule has 110 valence electrons. The monoisotopic (exact) mass is 284 g/mol. The van der Waals surface area contributed by atoms with Gasteiger partial charge in [-0.15, -0.1) is 0 Å². The minimum Gasteiger partial charge on any atom is -0.347 e. The highest BCUT2D eigenvalue weighted by molar-refractivity contribution is 8.14. The maximum absolute atomic E-state index is 8.00. The lowest BCUT2D eigenvalue weighted by molar-refractivity contribution is -0.0979. The molecule has 0 amide bonds. The number of carbonyl (C=O) groups is 1. The summed E-state index contributed by atoms with van der Waals surface area (Å²) in [6.07, 6.45) is 5.64. The molecule has 0 N–H and O–H groups in total. The van der Waals surface area contributed by atoms with Crippen LogP contribution in [0.1, 0.15) is 53.4 Å². The Hall–Kier alpha value is -0.510. The van der Waals surface area contributed by atoms with E-state index in [1.54, 1.807) is 0 Å². The summed E-state index contributed by atoms with van der Waals surface area (Å²) >= 11 is 2.05. The van der Waals surface area contributed by atoms with E-state index in [0.29, 0.717) is 0 Å². The van der Waals surface area contributed by atoms with Crippen LogP contribution in [0.2, 0.25) is 0 Å². The van der Waals surface area contributed by atoms with Crippen LogP contribution in [-0.4, -0.2) is 40.7 Å². The maximum Gasteiger partial charge on any atom is 0.159 e. The van der Waals surface area contributed by atoms with E-state index in [9.17, 15) is 0 Å². The molecule has 0 aromatic carbocycles. The molecular weight excluding hydrogens is 256 g/mol. The maximum atomic E-state index is 8.00. The van der Waals surface area contributed by atoms with Crippen molar-refractivity contribution < 1.29 is 4.79 Å². The molecule has 2 rings (SSSR count). The highest BCUT2D eigenvalue weighted by atomic mass is 32.2. The second kappa shape index (κ2) is 7.32. The molecule has 3 nitrogen and oxygen atoms in total. The molecule has 1 aliphatic heterocycles. The van der Waals surface area contributed by atoms with Gasteiger partial charge in [0.25, 0.3) is 0 Å². The first kappa shape index (κ1) is 16.5. The Bertz CT molecular complexity index is 312. The van der Waals surface area contributed by atoms with E-state index < -0.39 is 0 Å². The zero-order valence-electron chi connectivity index (χ0n) is 12.8. The Morgan fingerprint density at radius 1 is 1.32 bits per heavy atom. The van der Waals surface area contributed by atoms with Crippen molar-refractivity contribution in [2.75, 3.05) is 13.1 Å². The Morgan fingerprint density at radius 3 is 2.53 bits per heavy atom. The number of carbonyl (C=O) groups excluding carboxylic acids is 1. The van der Waals surface area contributed by atoms with Gasteiger partial charge in [0.05, 0.1) is 0 Å². The number of hydrogen-bond donors (Lipinski definition) is 0. The van der Waals surface area contributed by atoms with Crippen molar-refractivity contribution in [1.29, 1.82) is 0 Å². The second-order valence-electron chi connectivity index (χ2n) is 6.24. The largest absolute Gasteiger partial charge is 0.347 e. The van der Waals surface area contributed by atoms with Crippen LogP contribution in [0, 0.1) is 5.92 Å². The molecule has 0 aromatic rings. The fraction of sp³-hybridized carbons (Fsp3) is 0.867. The van der Waals surface area contributed by atoms with Gasteiger partial charge in [0.2, 0.25) is 0 Å². The van der Waals surface area contributed by atoms with Crippen molar-refractivity contribution in [1.82, 2.24) is 4.90 Å². The lowest BCUT2D eigenvalue weighted by Gasteiger charge is -2.42. The van der Waals surface area contributed by atoms with Crippen molar-refractivity contribution in [3.63, 3.8) is 0 Å². The summed E-state index contributed by atoms with van der Waals surface area (Å²) in [4.78, 5) is 15.3. The zero-order valence-corrected chi connectivity index (χ0v) is 13.6. The summed E-state index contributed by atoms with van der Waals surface area (Å²) in [5.41, 5.74) is 0.197. The van der Waals surface area contributed by atoms with E-state index in [0.717, 1.165) is 24.3 Å². The van der Waals surface area contributed by atoms with Crippen LogP contribution in [0.4, 0.5) is 0 Å². The van der Waals surface area contributed by atoms with Crippen molar-refractivity contribution in [2.45, 2.75) is 64.2 Å². The summed E-state index contributed by atoms with van der Waals surface area (Å²) in [5, 5.41) is 2.13. The van der Waals surface area contributed by atoms with Crippen molar-refractivity contribution in [3.05, 3.63) is 0 Å². The summed E-state index contributed by atoms with van der Waals surface area (Å²) in [7, 11) is 0. The van der Waals surface area contributed by atoms with E-state index >= 15 is 0 Å². The second-order valence-corrected chi connectivity index (χ2v) is 7.45. The van der Waals surface area contributed by atoms with Gasteiger partial charge in [-0.05, 0) is 46.5 Å². The topological polar surface area (TPSA) is 32.7 Å². The molecule has 2 aliphatic rings. The van der Waals surface area contributed by atoms with Crippen molar-refractivity contribution in [3.8, 4) is 0 Å². The number of nitrogens with zero attached hydrogens (tertiary/aromatic N) is 2. The number of thioether (sulfide) groups is 1. The average molecular weight is 284 g/mol. The van der Waals surface area contributed by atoms with Gasteiger partial charge in [-0.2, -0.15) is 0 Å². The summed E-state index contributed by atoms with van der Waals surface area (Å²) < 4.78 is 0. The number of hydrogen-bond acceptors (Lipinski definition) is 4. The summed E-state index contributed by atoms with van der Waals surface area (Å²) in [6, 6.07) is 0. The van der Waals surface area contributed by atoms with Crippen LogP contribution in [0.3, 0.4) is 0 Å². The van der Waals surface area contributed by atoms with Crippen molar-refractivity contribution >= 4 is 23.7 Å². The summed E-state index contributed by atoms with van der Waals surface area (Å²) in [5.74, 6) is 0.858. The standard InChI is InChI=1S/C14H26N2S.CH2O/c1-5-16(14(2,3)4)13-15-10-11-8-6-7-9-12(11)17-13;1-2/h11-12H,5-10H2,1-4H3;1H2. The molecule has 4 heteroatoms. The molecule has 0 saturated heterocycles. The van der Waals surface area contributed by atoms with Crippen LogP contribution in [-0.2, 0) is 4.79 Å². The third-order valence-corrected chi connectivity index (χ3v) is 5.40. The van der Waals surface area contributed by atoms with Crippen LogP contribution >= 0.6 is 11.8 Å². The fourth-order valence-corrected chi connectivity index (χ4v) is 4.60. The smallest absolute Gasteiger partial charge is 0.159 e. The first-order valence-corrected chi connectivity index (χ1v) is 8.18. The number of rotatable bonds is 1. The zero-order chi connectivity index (χ0) is 14.5. The summed E-state index contributed by atoms with van der Waals surface area (Å²) in [6.45, 7) is 13.2. The SMILES string of the molecule is C=O.CCN(C1=NCC2CCCCC2S1)C(C)(C)C. The molecule has 0 aromatic heterocycles. The van der Waals surface area contributed by atoms with Crippen LogP contribution in [0.15, 0.2) is 4.99 Å². The van der Waals surface area contributed by atoms with Gasteiger partial charge in [-0.25, -0.2) is 0 Å². The molecular formula is C15H28N2OS. The van der Waals surface area contributed by atoms with Gasteiger partial charge in [0.15, 0.2) is 5.17 Å². The van der Waals surface area contributed by atoms with Crippen LogP contribution < -0.4 is 0 Å². The average Bonchev–Trinajstić information content (AvgIpc) is 2.40. The third kappa shape index (κ3) is 4.23. The highest BCUT2D eigenvalue weighted by Gasteiger charge is 2.34. The van der Waals surface area contributed by atoms with E-state index in [4.69, 9.17) is 9.79 Å². The number of aliphatic imine (C=N–C) groups is 1. The minimum atomic E-state index is 0.197. The number of fused-ring (bicyclic) bond motifs is 1. The van der Waals surface area contributed by atoms with Crippen molar-refractivity contribution in [2.24, 2.45) is 10.9 Å². The molecule has 2 atom stereocenters. The quantitative estimate of drug-likeness (QED) is 0.738. The van der Waals surface area contributed by atoms with E-state index in [-0.39, 0.29) is 5.54 Å². The van der Waals surface area contributed by atoms with Gasteiger partial charge < -0.3 is 9.69 Å². The lowest BCUT2D eigenvalue weighted by atomic mass is 9.89. The molecule has 0 spiro atoms. The Morgan fingerprint density at radius 2 is 1.95 bits per heavy atom. The Kier molecular flexibility index (Phi) is 6.37. The lowest BCUT2D eigenvalue weighted by Crippen LogP contribution is -2.47. The van der Waals surface area contributed by atoms with Gasteiger partial charge in [-0.1, -0.05) is 24.6 Å². The minimum absolute atomic E-state index is 0.197. The molecule has 0 radical (unpaired) electrons. The van der Waals surface area contributed by atoms with Crippen LogP contribution in [0.5, 0.6) is 0 Å². The van der Waals surface area contributed by atoms with Gasteiger partial charge in [-0.3, -0.25) is 4.99 Å². The predicted octanol–water partition coefficient (Wildman–Crippen LogP) is 3.58. The highest BCUT2D eigenvalue weighted by Crippen LogP contribution is 2.39. The van der Waals surface area contributed by atoms with Gasteiger partial charge in [0.1, 0.15) is 6.79 Å². The van der Waals surface area contributed by atoms with Crippen LogP contribution in [0.25, 0.3) is 0 Å². The molecule has 1 aliphatic carbocycles. The molecule has 1 saturated carbocycles. The molecule has 1 fully saturated rings. The first-order chi connectivity index (χ1) is 9.02. The Labute approximate surface area is 122 Å². The molecule has 0 bridgehead atoms. The first-order valence-electron chi connectivity index (χ1n) is 7.30. The molecule has 19 heavy (non-hydrogen) atoms. The molecule has 1 heterocycles. The normalized spacial score (nSPS) is 26.6. The van der Waals surface area contributed by atoms with E-state index in [1.807, 2.05) is 6.79 Å². The van der Waals surface area contributed by atoms with Gasteiger partial charge >= 0.3 is 0 Å². The predicted molar refractivity (Wildman–Crippen MR) is 84.9 cm³/mol. The van der Waals surface area contributed by atoms with Gasteiger partial charge in [0, 0.05) is 23.9 Å². The van der Waals surface area contributed by atoms with E-state index in [2.05, 4.69) is 44.4 Å². The fourth-order valence-electron chi connectivity index (χ4n) is 2.95. The molecule has 2 unspecified atom stereocenters. The third-order valence-electron chi connectivity index (χ3n) is 3.91. The Balaban J connectivity index is 0.000000861. The number of amidine groups is 1. The van der Waals surface area contributed by atoms with E-state index in [1.165, 1.54) is 30.9 Å².